The number of hydrogen-bond acceptors (Lipinski definition) is 0. The molecular weight excluding hydrogens is 107 g/mol. The van der Waals surface area contributed by atoms with Crippen molar-refractivity contribution in [3.63, 3.8) is 0 Å². The Morgan fingerprint density at radius 1 is 1.57 bits per heavy atom. The number of halogens is 1. The predicted molar refractivity (Wildman–Crippen MR) is 33.6 cm³/mol. The molecule has 0 spiro atoms. The second kappa shape index (κ2) is 5.71. The fourth-order valence-electron chi connectivity index (χ4n) is 0.204. The summed E-state index contributed by atoms with van der Waals surface area (Å²) in [7, 11) is -0.122. The van der Waals surface area contributed by atoms with E-state index in [0.29, 0.717) is 0 Å². The average Bonchev–Trinajstić information content (AvgIpc) is 1.35. The van der Waals surface area contributed by atoms with E-state index in [9.17, 15) is 0 Å². The third-order valence-corrected chi connectivity index (χ3v) is 1.37. The Hall–Kier alpha value is -0.293. The van der Waals surface area contributed by atoms with Crippen molar-refractivity contribution in [2.75, 3.05) is 0 Å². The Morgan fingerprint density at radius 3 is 2.00 bits per heavy atom. The SMILES string of the molecule is C#CC[Si](C)C.F. The summed E-state index contributed by atoms with van der Waals surface area (Å²) in [5, 5.41) is 0. The fourth-order valence-corrected chi connectivity index (χ4v) is 0.612. The molecule has 7 heavy (non-hydrogen) atoms. The molecule has 0 aromatic rings. The van der Waals surface area contributed by atoms with Crippen molar-refractivity contribution in [1.82, 2.24) is 0 Å². The lowest BCUT2D eigenvalue weighted by Crippen LogP contribution is -1.94. The highest BCUT2D eigenvalue weighted by molar-refractivity contribution is 6.56. The summed E-state index contributed by atoms with van der Waals surface area (Å²) in [6.45, 7) is 4.43. The molecule has 0 fully saturated rings. The number of rotatable bonds is 1. The van der Waals surface area contributed by atoms with Crippen LogP contribution in [0, 0.1) is 12.3 Å². The first-order valence-electron chi connectivity index (χ1n) is 2.00. The van der Waals surface area contributed by atoms with E-state index < -0.39 is 0 Å². The summed E-state index contributed by atoms with van der Waals surface area (Å²) in [6.07, 6.45) is 5.00. The van der Waals surface area contributed by atoms with Gasteiger partial charge >= 0.3 is 0 Å². The highest BCUT2D eigenvalue weighted by Gasteiger charge is 1.86. The lowest BCUT2D eigenvalue weighted by atomic mass is 10.8. The van der Waals surface area contributed by atoms with Crippen LogP contribution >= 0.6 is 0 Å². The Balaban J connectivity index is 0. The van der Waals surface area contributed by atoms with Gasteiger partial charge in [0.25, 0.3) is 0 Å². The van der Waals surface area contributed by atoms with Crippen molar-refractivity contribution in [2.24, 2.45) is 0 Å². The molecule has 0 atom stereocenters. The largest absolute Gasteiger partial charge is 0.269 e. The summed E-state index contributed by atoms with van der Waals surface area (Å²) < 4.78 is 0. The topological polar surface area (TPSA) is 0 Å². The summed E-state index contributed by atoms with van der Waals surface area (Å²) in [5.74, 6) is 2.61. The average molecular weight is 117 g/mol. The van der Waals surface area contributed by atoms with Crippen LogP contribution in [0.2, 0.25) is 19.1 Å². The van der Waals surface area contributed by atoms with E-state index in [4.69, 9.17) is 6.42 Å². The van der Waals surface area contributed by atoms with Crippen molar-refractivity contribution in [3.05, 3.63) is 0 Å². The minimum absolute atomic E-state index is 0. The molecule has 2 heteroatoms. The van der Waals surface area contributed by atoms with E-state index in [-0.39, 0.29) is 13.5 Å². The molecule has 0 heterocycles. The maximum absolute atomic E-state index is 5.00. The van der Waals surface area contributed by atoms with E-state index in [1.165, 1.54) is 0 Å². The van der Waals surface area contributed by atoms with Gasteiger partial charge in [0.05, 0.1) is 8.80 Å². The number of terminal acetylenes is 1. The maximum atomic E-state index is 5.00. The van der Waals surface area contributed by atoms with Crippen LogP contribution in [0.15, 0.2) is 0 Å². The second-order valence-electron chi connectivity index (χ2n) is 1.59. The first kappa shape index (κ1) is 9.86. The second-order valence-corrected chi connectivity index (χ2v) is 4.36. The molecule has 0 saturated carbocycles. The van der Waals surface area contributed by atoms with Gasteiger partial charge in [0.15, 0.2) is 0 Å². The van der Waals surface area contributed by atoms with Crippen LogP contribution in [0.5, 0.6) is 0 Å². The molecule has 0 bridgehead atoms. The molecule has 0 saturated heterocycles. The predicted octanol–water partition coefficient (Wildman–Crippen LogP) is 1.53. The van der Waals surface area contributed by atoms with Crippen molar-refractivity contribution in [3.8, 4) is 12.3 Å². The van der Waals surface area contributed by atoms with Crippen LogP contribution < -0.4 is 0 Å². The van der Waals surface area contributed by atoms with Gasteiger partial charge in [0, 0.05) is 6.04 Å². The van der Waals surface area contributed by atoms with Gasteiger partial charge in [0.1, 0.15) is 0 Å². The highest BCUT2D eigenvalue weighted by atomic mass is 28.3. The van der Waals surface area contributed by atoms with Crippen molar-refractivity contribution < 1.29 is 4.70 Å². The van der Waals surface area contributed by atoms with Gasteiger partial charge in [-0.25, -0.2) is 0 Å². The molecule has 0 aromatic carbocycles. The molecular formula is C5H10FSi. The van der Waals surface area contributed by atoms with Crippen molar-refractivity contribution in [2.45, 2.75) is 19.1 Å². The van der Waals surface area contributed by atoms with Crippen molar-refractivity contribution >= 4 is 8.80 Å². The quantitative estimate of drug-likeness (QED) is 0.361. The van der Waals surface area contributed by atoms with Crippen LogP contribution in [-0.4, -0.2) is 8.80 Å². The third kappa shape index (κ3) is 10.7. The molecule has 0 amide bonds. The highest BCUT2D eigenvalue weighted by Crippen LogP contribution is 1.84. The first-order valence-corrected chi connectivity index (χ1v) is 4.70. The molecule has 41 valence electrons. The summed E-state index contributed by atoms with van der Waals surface area (Å²) in [4.78, 5) is 0. The summed E-state index contributed by atoms with van der Waals surface area (Å²) >= 11 is 0. The molecule has 0 aliphatic carbocycles. The van der Waals surface area contributed by atoms with E-state index in [1.54, 1.807) is 0 Å². The molecule has 0 rings (SSSR count). The van der Waals surface area contributed by atoms with Gasteiger partial charge in [0.2, 0.25) is 0 Å². The normalized spacial score (nSPS) is 7.14. The maximum Gasteiger partial charge on any atom is 0.0555 e. The van der Waals surface area contributed by atoms with E-state index in [1.807, 2.05) is 0 Å². The lowest BCUT2D eigenvalue weighted by Gasteiger charge is -1.87. The molecule has 0 nitrogen and oxygen atoms in total. The van der Waals surface area contributed by atoms with Gasteiger partial charge < -0.3 is 0 Å². The van der Waals surface area contributed by atoms with Gasteiger partial charge in [-0.3, -0.25) is 4.70 Å². The van der Waals surface area contributed by atoms with Crippen LogP contribution in [0.1, 0.15) is 0 Å². The van der Waals surface area contributed by atoms with Crippen LogP contribution in [-0.2, 0) is 0 Å². The molecule has 0 aromatic heterocycles. The lowest BCUT2D eigenvalue weighted by molar-refractivity contribution is 1.11. The third-order valence-electron chi connectivity index (χ3n) is 0.456. The fraction of sp³-hybridized carbons (Fsp3) is 0.600. The molecule has 0 aliphatic rings. The molecule has 0 aliphatic heterocycles. The Kier molecular flexibility index (Phi) is 8.04. The summed E-state index contributed by atoms with van der Waals surface area (Å²) in [5.41, 5.74) is 0. The zero-order valence-corrected chi connectivity index (χ0v) is 5.69. The number of hydrogen-bond donors (Lipinski definition) is 0. The standard InChI is InChI=1S/C5H9Si.FH/c1-4-5-6(2)3;/h1H,5H2,2-3H3;1H. The zero-order valence-electron chi connectivity index (χ0n) is 4.69. The van der Waals surface area contributed by atoms with E-state index >= 15 is 0 Å². The van der Waals surface area contributed by atoms with Crippen molar-refractivity contribution in [1.29, 1.82) is 0 Å². The molecule has 1 radical (unpaired) electrons. The first-order chi connectivity index (χ1) is 2.77. The van der Waals surface area contributed by atoms with Gasteiger partial charge in [-0.05, 0) is 0 Å². The van der Waals surface area contributed by atoms with Crippen LogP contribution in [0.4, 0.5) is 4.70 Å². The minimum Gasteiger partial charge on any atom is -0.269 e. The van der Waals surface area contributed by atoms with Gasteiger partial charge in [-0.1, -0.05) is 13.1 Å². The monoisotopic (exact) mass is 117 g/mol. The Bertz CT molecular complexity index is 63.0. The van der Waals surface area contributed by atoms with Gasteiger partial charge in [-0.15, -0.1) is 12.3 Å². The summed E-state index contributed by atoms with van der Waals surface area (Å²) in [6, 6.07) is 1.00. The minimum atomic E-state index is -0.122. The van der Waals surface area contributed by atoms with E-state index in [0.717, 1.165) is 6.04 Å². The molecule has 0 N–H and O–H groups in total. The Labute approximate surface area is 45.9 Å². The van der Waals surface area contributed by atoms with E-state index in [2.05, 4.69) is 19.0 Å². The van der Waals surface area contributed by atoms with Gasteiger partial charge in [-0.2, -0.15) is 0 Å². The van der Waals surface area contributed by atoms with Crippen LogP contribution in [0.25, 0.3) is 0 Å². The zero-order chi connectivity index (χ0) is 4.99. The molecule has 0 unspecified atom stereocenters. The van der Waals surface area contributed by atoms with Crippen LogP contribution in [0.3, 0.4) is 0 Å². The smallest absolute Gasteiger partial charge is 0.0555 e. The Morgan fingerprint density at radius 2 is 2.00 bits per heavy atom.